The molecular formula is C11H7FN4O4. The van der Waals surface area contributed by atoms with Crippen molar-refractivity contribution in [2.24, 2.45) is 0 Å². The van der Waals surface area contributed by atoms with E-state index in [9.17, 15) is 19.3 Å². The fourth-order valence-corrected chi connectivity index (χ4v) is 1.51. The number of nitro benzene ring substituents is 1. The minimum Gasteiger partial charge on any atom is -0.478 e. The largest absolute Gasteiger partial charge is 0.478 e. The highest BCUT2D eigenvalue weighted by Gasteiger charge is 2.25. The number of anilines is 1. The molecule has 0 fully saturated rings. The minimum absolute atomic E-state index is 0.295. The van der Waals surface area contributed by atoms with E-state index in [-0.39, 0.29) is 18.8 Å². The summed E-state index contributed by atoms with van der Waals surface area (Å²) in [6.45, 7) is -0.752. The first kappa shape index (κ1) is 14.9. The number of carboxylic acids is 1. The Bertz CT molecular complexity index is 631. The van der Waals surface area contributed by atoms with E-state index in [0.29, 0.717) is 6.07 Å². The standard InChI is InChI=1S/C11H7FN4O4/c12-8-6-10(16(19)20)9(5-7(8)11(17)18)15(3-1-13)4-2-14/h5-6H,3-4H2,(H,17,18). The summed E-state index contributed by atoms with van der Waals surface area (Å²) in [5.41, 5.74) is -1.78. The zero-order valence-electron chi connectivity index (χ0n) is 9.91. The van der Waals surface area contributed by atoms with Gasteiger partial charge in [-0.15, -0.1) is 0 Å². The second kappa shape index (κ2) is 6.11. The number of carbonyl (C=O) groups is 1. The third-order valence-corrected chi connectivity index (χ3v) is 2.36. The first-order valence-electron chi connectivity index (χ1n) is 5.12. The molecule has 1 rings (SSSR count). The van der Waals surface area contributed by atoms with Gasteiger partial charge in [-0.05, 0) is 6.07 Å². The van der Waals surface area contributed by atoms with Gasteiger partial charge in [-0.2, -0.15) is 10.5 Å². The molecule has 0 bridgehead atoms. The van der Waals surface area contributed by atoms with Crippen molar-refractivity contribution in [3.05, 3.63) is 33.6 Å². The van der Waals surface area contributed by atoms with Crippen LogP contribution in [0.5, 0.6) is 0 Å². The Balaban J connectivity index is 3.52. The molecule has 0 aliphatic rings. The van der Waals surface area contributed by atoms with Crippen molar-refractivity contribution in [3.8, 4) is 12.1 Å². The molecule has 0 aliphatic heterocycles. The van der Waals surface area contributed by atoms with Crippen LogP contribution < -0.4 is 4.90 Å². The van der Waals surface area contributed by atoms with Crippen molar-refractivity contribution >= 4 is 17.3 Å². The third kappa shape index (κ3) is 2.97. The first-order valence-corrected chi connectivity index (χ1v) is 5.12. The molecule has 0 aromatic heterocycles. The van der Waals surface area contributed by atoms with E-state index in [0.717, 1.165) is 11.0 Å². The number of rotatable bonds is 5. The van der Waals surface area contributed by atoms with Gasteiger partial charge in [0.1, 0.15) is 24.6 Å². The van der Waals surface area contributed by atoms with Crippen LogP contribution in [0.4, 0.5) is 15.8 Å². The van der Waals surface area contributed by atoms with E-state index in [4.69, 9.17) is 15.6 Å². The molecule has 0 atom stereocenters. The Morgan fingerprint density at radius 2 is 1.95 bits per heavy atom. The molecule has 0 heterocycles. The molecule has 0 saturated carbocycles. The third-order valence-electron chi connectivity index (χ3n) is 2.36. The van der Waals surface area contributed by atoms with Crippen molar-refractivity contribution in [1.82, 2.24) is 0 Å². The molecule has 1 N–H and O–H groups in total. The van der Waals surface area contributed by atoms with Crippen LogP contribution in [0.1, 0.15) is 10.4 Å². The number of aromatic carboxylic acids is 1. The normalized spacial score (nSPS) is 9.35. The Kier molecular flexibility index (Phi) is 4.54. The smallest absolute Gasteiger partial charge is 0.338 e. The monoisotopic (exact) mass is 278 g/mol. The van der Waals surface area contributed by atoms with E-state index in [1.54, 1.807) is 12.1 Å². The quantitative estimate of drug-likeness (QED) is 0.487. The van der Waals surface area contributed by atoms with Crippen LogP contribution in [0.2, 0.25) is 0 Å². The maximum absolute atomic E-state index is 13.4. The molecule has 1 aromatic rings. The van der Waals surface area contributed by atoms with Crippen LogP contribution in [0.25, 0.3) is 0 Å². The van der Waals surface area contributed by atoms with Gasteiger partial charge in [0.2, 0.25) is 0 Å². The highest BCUT2D eigenvalue weighted by molar-refractivity contribution is 5.90. The molecule has 0 unspecified atom stereocenters. The number of carboxylic acid groups (broad SMARTS) is 1. The van der Waals surface area contributed by atoms with Crippen LogP contribution in [0, 0.1) is 38.6 Å². The molecule has 0 aliphatic carbocycles. The van der Waals surface area contributed by atoms with Gasteiger partial charge in [-0.3, -0.25) is 10.1 Å². The highest BCUT2D eigenvalue weighted by Crippen LogP contribution is 2.31. The highest BCUT2D eigenvalue weighted by atomic mass is 19.1. The molecule has 20 heavy (non-hydrogen) atoms. The summed E-state index contributed by atoms with van der Waals surface area (Å²) in [5, 5.41) is 36.9. The zero-order chi connectivity index (χ0) is 15.3. The number of benzene rings is 1. The lowest BCUT2D eigenvalue weighted by molar-refractivity contribution is -0.384. The summed E-state index contributed by atoms with van der Waals surface area (Å²) in [4.78, 5) is 21.8. The summed E-state index contributed by atoms with van der Waals surface area (Å²) in [6.07, 6.45) is 0. The van der Waals surface area contributed by atoms with Crippen LogP contribution in [0.15, 0.2) is 12.1 Å². The summed E-state index contributed by atoms with van der Waals surface area (Å²) < 4.78 is 13.4. The number of halogens is 1. The van der Waals surface area contributed by atoms with Gasteiger partial charge in [0.15, 0.2) is 0 Å². The van der Waals surface area contributed by atoms with Gasteiger partial charge in [0, 0.05) is 0 Å². The molecule has 0 saturated heterocycles. The summed E-state index contributed by atoms with van der Waals surface area (Å²) >= 11 is 0. The summed E-state index contributed by atoms with van der Waals surface area (Å²) in [6, 6.07) is 4.58. The minimum atomic E-state index is -1.60. The molecule has 1 aromatic carbocycles. The fraction of sp³-hybridized carbons (Fsp3) is 0.182. The fourth-order valence-electron chi connectivity index (χ4n) is 1.51. The summed E-state index contributed by atoms with van der Waals surface area (Å²) in [7, 11) is 0. The van der Waals surface area contributed by atoms with E-state index in [1.165, 1.54) is 0 Å². The number of nitrogens with zero attached hydrogens (tertiary/aromatic N) is 4. The molecule has 8 nitrogen and oxygen atoms in total. The van der Waals surface area contributed by atoms with E-state index < -0.39 is 28.0 Å². The number of nitriles is 2. The Labute approximate surface area is 112 Å². The molecule has 0 spiro atoms. The number of hydrogen-bond donors (Lipinski definition) is 1. The lowest BCUT2D eigenvalue weighted by Gasteiger charge is -2.18. The van der Waals surface area contributed by atoms with Crippen molar-refractivity contribution in [1.29, 1.82) is 10.5 Å². The second-order valence-corrected chi connectivity index (χ2v) is 3.56. The maximum Gasteiger partial charge on any atom is 0.338 e. The molecule has 0 radical (unpaired) electrons. The predicted octanol–water partition coefficient (Wildman–Crippen LogP) is 1.29. The average Bonchev–Trinajstić information content (AvgIpc) is 2.37. The molecular weight excluding hydrogens is 271 g/mol. The molecule has 9 heteroatoms. The second-order valence-electron chi connectivity index (χ2n) is 3.56. The van der Waals surface area contributed by atoms with Gasteiger partial charge in [0.25, 0.3) is 5.69 Å². The lowest BCUT2D eigenvalue weighted by atomic mass is 10.1. The van der Waals surface area contributed by atoms with Crippen molar-refractivity contribution in [2.75, 3.05) is 18.0 Å². The maximum atomic E-state index is 13.4. The lowest BCUT2D eigenvalue weighted by Crippen LogP contribution is -2.25. The predicted molar refractivity (Wildman–Crippen MR) is 63.5 cm³/mol. The van der Waals surface area contributed by atoms with Gasteiger partial charge in [0.05, 0.1) is 28.7 Å². The Morgan fingerprint density at radius 3 is 2.35 bits per heavy atom. The average molecular weight is 278 g/mol. The SMILES string of the molecule is N#CCN(CC#N)c1cc(C(=O)O)c(F)cc1[N+](=O)[O-]. The molecule has 102 valence electrons. The van der Waals surface area contributed by atoms with Gasteiger partial charge in [-0.1, -0.05) is 0 Å². The Morgan fingerprint density at radius 1 is 1.40 bits per heavy atom. The first-order chi connectivity index (χ1) is 9.42. The summed E-state index contributed by atoms with van der Waals surface area (Å²) in [5.74, 6) is -2.87. The van der Waals surface area contributed by atoms with Crippen LogP contribution in [0.3, 0.4) is 0 Å². The van der Waals surface area contributed by atoms with Gasteiger partial charge < -0.3 is 10.0 Å². The topological polar surface area (TPSA) is 131 Å². The van der Waals surface area contributed by atoms with E-state index >= 15 is 0 Å². The van der Waals surface area contributed by atoms with Crippen molar-refractivity contribution in [3.63, 3.8) is 0 Å². The number of nitro groups is 1. The molecule has 0 amide bonds. The van der Waals surface area contributed by atoms with E-state index in [2.05, 4.69) is 0 Å². The van der Waals surface area contributed by atoms with Gasteiger partial charge in [-0.25, -0.2) is 9.18 Å². The van der Waals surface area contributed by atoms with Crippen molar-refractivity contribution in [2.45, 2.75) is 0 Å². The van der Waals surface area contributed by atoms with Gasteiger partial charge >= 0.3 is 5.97 Å². The van der Waals surface area contributed by atoms with Crippen LogP contribution >= 0.6 is 0 Å². The number of hydrogen-bond acceptors (Lipinski definition) is 6. The Hall–Kier alpha value is -3.20. The van der Waals surface area contributed by atoms with Crippen molar-refractivity contribution < 1.29 is 19.2 Å². The van der Waals surface area contributed by atoms with E-state index in [1.807, 2.05) is 0 Å². The zero-order valence-corrected chi connectivity index (χ0v) is 9.91. The van der Waals surface area contributed by atoms with Crippen LogP contribution in [-0.4, -0.2) is 29.1 Å². The van der Waals surface area contributed by atoms with Crippen LogP contribution in [-0.2, 0) is 0 Å².